The molecule has 1 aliphatic heterocycles. The van der Waals surface area contributed by atoms with Crippen molar-refractivity contribution in [3.63, 3.8) is 0 Å². The van der Waals surface area contributed by atoms with Gasteiger partial charge in [0.05, 0.1) is 12.3 Å². The molecule has 2 amide bonds. The molecule has 3 aromatic heterocycles. The van der Waals surface area contributed by atoms with Gasteiger partial charge in [-0.2, -0.15) is 4.98 Å². The molecule has 0 unspecified atom stereocenters. The second-order valence-corrected chi connectivity index (χ2v) is 5.50. The Morgan fingerprint density at radius 3 is 3.12 bits per heavy atom. The number of carbonyl (C=O) groups excluding carboxylic acids is 1. The molecule has 0 bridgehead atoms. The summed E-state index contributed by atoms with van der Waals surface area (Å²) in [7, 11) is 0. The maximum Gasteiger partial charge on any atom is 0.324 e. The van der Waals surface area contributed by atoms with Gasteiger partial charge in [0.2, 0.25) is 0 Å². The zero-order chi connectivity index (χ0) is 16.5. The van der Waals surface area contributed by atoms with E-state index in [9.17, 15) is 4.79 Å². The fraction of sp³-hybridized carbons (Fsp3) is 0.357. The summed E-state index contributed by atoms with van der Waals surface area (Å²) in [6.45, 7) is 2.43. The average molecular weight is 329 g/mol. The van der Waals surface area contributed by atoms with Crippen LogP contribution in [0.4, 0.5) is 10.7 Å². The molecular weight excluding hydrogens is 314 g/mol. The first-order valence-corrected chi connectivity index (χ1v) is 7.55. The maximum absolute atomic E-state index is 12.5. The molecule has 3 aromatic rings. The molecule has 0 saturated carbocycles. The van der Waals surface area contributed by atoms with Crippen molar-refractivity contribution in [3.8, 4) is 11.6 Å². The fourth-order valence-electron chi connectivity index (χ4n) is 2.84. The van der Waals surface area contributed by atoms with Crippen molar-refractivity contribution in [1.29, 1.82) is 0 Å². The van der Waals surface area contributed by atoms with Gasteiger partial charge < -0.3 is 9.32 Å². The molecule has 0 aromatic carbocycles. The van der Waals surface area contributed by atoms with Crippen LogP contribution < -0.4 is 5.32 Å². The number of furan rings is 1. The first-order valence-electron chi connectivity index (χ1n) is 7.55. The third-order valence-corrected chi connectivity index (χ3v) is 3.98. The lowest BCUT2D eigenvalue weighted by atomic mass is 10.1. The van der Waals surface area contributed by atoms with Crippen LogP contribution in [0.3, 0.4) is 0 Å². The second-order valence-electron chi connectivity index (χ2n) is 5.50. The molecule has 2 N–H and O–H groups in total. The highest BCUT2D eigenvalue weighted by atomic mass is 16.6. The normalized spacial score (nSPS) is 17.4. The van der Waals surface area contributed by atoms with E-state index in [1.54, 1.807) is 23.3 Å². The van der Waals surface area contributed by atoms with Crippen LogP contribution in [0, 0.1) is 6.92 Å². The van der Waals surface area contributed by atoms with Crippen LogP contribution in [-0.4, -0.2) is 43.0 Å². The van der Waals surface area contributed by atoms with Gasteiger partial charge in [-0.15, -0.1) is 5.10 Å². The van der Waals surface area contributed by atoms with Crippen molar-refractivity contribution in [1.82, 2.24) is 30.4 Å². The van der Waals surface area contributed by atoms with Crippen molar-refractivity contribution < 1.29 is 13.8 Å². The molecule has 1 fully saturated rings. The molecule has 4 heterocycles. The molecule has 1 aliphatic rings. The number of anilines is 1. The van der Waals surface area contributed by atoms with E-state index in [1.807, 2.05) is 6.92 Å². The summed E-state index contributed by atoms with van der Waals surface area (Å²) in [4.78, 5) is 18.4. The number of rotatable bonds is 3. The third-order valence-electron chi connectivity index (χ3n) is 3.98. The standard InChI is InChI=1S/C14H15N7O3/c1-8-11(20-24-19-8)9-4-2-6-21(9)14(22)16-13-15-12(17-18-13)10-5-3-7-23-10/h3,5,7,9H,2,4,6H2,1H3,(H2,15,16,17,18,22)/t9-/m0/s1. The summed E-state index contributed by atoms with van der Waals surface area (Å²) in [5.74, 6) is 1.18. The number of nitrogens with zero attached hydrogens (tertiary/aromatic N) is 5. The van der Waals surface area contributed by atoms with Gasteiger partial charge in [-0.25, -0.2) is 9.42 Å². The van der Waals surface area contributed by atoms with Crippen molar-refractivity contribution in [2.24, 2.45) is 0 Å². The Balaban J connectivity index is 1.49. The number of carbonyl (C=O) groups is 1. The summed E-state index contributed by atoms with van der Waals surface area (Å²) < 4.78 is 9.98. The number of urea groups is 1. The minimum absolute atomic E-state index is 0.153. The van der Waals surface area contributed by atoms with Crippen LogP contribution in [0.15, 0.2) is 27.4 Å². The molecule has 0 spiro atoms. The number of aryl methyl sites for hydroxylation is 1. The number of hydrogen-bond acceptors (Lipinski definition) is 7. The highest BCUT2D eigenvalue weighted by molar-refractivity contribution is 5.88. The minimum atomic E-state index is -0.287. The van der Waals surface area contributed by atoms with E-state index in [0.29, 0.717) is 29.5 Å². The minimum Gasteiger partial charge on any atom is -0.461 e. The molecule has 124 valence electrons. The van der Waals surface area contributed by atoms with Crippen molar-refractivity contribution in [3.05, 3.63) is 29.8 Å². The van der Waals surface area contributed by atoms with Gasteiger partial charge in [0.1, 0.15) is 11.4 Å². The first-order chi connectivity index (χ1) is 11.7. The van der Waals surface area contributed by atoms with Crippen LogP contribution in [0.25, 0.3) is 11.6 Å². The molecular formula is C14H15N7O3. The van der Waals surface area contributed by atoms with Gasteiger partial charge in [-0.1, -0.05) is 10.3 Å². The highest BCUT2D eigenvalue weighted by Gasteiger charge is 2.34. The monoisotopic (exact) mass is 329 g/mol. The maximum atomic E-state index is 12.5. The van der Waals surface area contributed by atoms with Gasteiger partial charge in [0.15, 0.2) is 11.6 Å². The lowest BCUT2D eigenvalue weighted by Crippen LogP contribution is -2.35. The van der Waals surface area contributed by atoms with E-state index in [1.165, 1.54) is 0 Å². The predicted octanol–water partition coefficient (Wildman–Crippen LogP) is 2.13. The second kappa shape index (κ2) is 5.80. The van der Waals surface area contributed by atoms with Crippen LogP contribution in [0.5, 0.6) is 0 Å². The topological polar surface area (TPSA) is 126 Å². The van der Waals surface area contributed by atoms with Crippen molar-refractivity contribution >= 4 is 12.0 Å². The van der Waals surface area contributed by atoms with Gasteiger partial charge in [0.25, 0.3) is 5.95 Å². The number of aromatic amines is 1. The van der Waals surface area contributed by atoms with Gasteiger partial charge >= 0.3 is 6.03 Å². The number of aromatic nitrogens is 5. The van der Waals surface area contributed by atoms with E-state index in [4.69, 9.17) is 9.05 Å². The van der Waals surface area contributed by atoms with E-state index < -0.39 is 0 Å². The largest absolute Gasteiger partial charge is 0.461 e. The zero-order valence-electron chi connectivity index (χ0n) is 12.9. The number of nitrogens with one attached hydrogen (secondary N) is 2. The molecule has 24 heavy (non-hydrogen) atoms. The van der Waals surface area contributed by atoms with Crippen molar-refractivity contribution in [2.45, 2.75) is 25.8 Å². The Labute approximate surface area is 136 Å². The lowest BCUT2D eigenvalue weighted by molar-refractivity contribution is 0.203. The molecule has 4 rings (SSSR count). The van der Waals surface area contributed by atoms with Crippen LogP contribution in [-0.2, 0) is 0 Å². The summed E-state index contributed by atoms with van der Waals surface area (Å²) >= 11 is 0. The summed E-state index contributed by atoms with van der Waals surface area (Å²) in [6.07, 6.45) is 3.24. The Hall–Kier alpha value is -3.17. The molecule has 0 radical (unpaired) electrons. The van der Waals surface area contributed by atoms with E-state index >= 15 is 0 Å². The predicted molar refractivity (Wildman–Crippen MR) is 80.8 cm³/mol. The number of hydrogen-bond donors (Lipinski definition) is 2. The highest BCUT2D eigenvalue weighted by Crippen LogP contribution is 2.32. The van der Waals surface area contributed by atoms with E-state index in [0.717, 1.165) is 12.8 Å². The number of likely N-dealkylation sites (tertiary alicyclic amines) is 1. The molecule has 1 saturated heterocycles. The molecule has 10 nitrogen and oxygen atoms in total. The molecule has 10 heteroatoms. The summed E-state index contributed by atoms with van der Waals surface area (Å²) in [6, 6.07) is 3.06. The summed E-state index contributed by atoms with van der Waals surface area (Å²) in [5.41, 5.74) is 1.38. The Kier molecular flexibility index (Phi) is 3.48. The average Bonchev–Trinajstić information content (AvgIpc) is 3.34. The molecule has 0 aliphatic carbocycles. The lowest BCUT2D eigenvalue weighted by Gasteiger charge is -2.22. The summed E-state index contributed by atoms with van der Waals surface area (Å²) in [5, 5.41) is 17.1. The quantitative estimate of drug-likeness (QED) is 0.753. The third kappa shape index (κ3) is 2.51. The Morgan fingerprint density at radius 2 is 2.38 bits per heavy atom. The number of amides is 2. The van der Waals surface area contributed by atoms with Gasteiger partial charge in [-0.3, -0.25) is 10.4 Å². The number of H-pyrrole nitrogens is 1. The zero-order valence-corrected chi connectivity index (χ0v) is 12.9. The Morgan fingerprint density at radius 1 is 1.46 bits per heavy atom. The van der Waals surface area contributed by atoms with Gasteiger partial charge in [0, 0.05) is 6.54 Å². The van der Waals surface area contributed by atoms with Crippen LogP contribution in [0.2, 0.25) is 0 Å². The fourth-order valence-corrected chi connectivity index (χ4v) is 2.84. The van der Waals surface area contributed by atoms with E-state index in [2.05, 4.69) is 30.8 Å². The Bertz CT molecular complexity index is 838. The van der Waals surface area contributed by atoms with Crippen LogP contribution in [0.1, 0.15) is 30.3 Å². The van der Waals surface area contributed by atoms with Gasteiger partial charge in [-0.05, 0) is 31.9 Å². The SMILES string of the molecule is Cc1nonc1[C@@H]1CCCN1C(=O)Nc1n[nH]c(-c2ccco2)n1. The smallest absolute Gasteiger partial charge is 0.324 e. The van der Waals surface area contributed by atoms with Crippen LogP contribution >= 0.6 is 0 Å². The molecule has 1 atom stereocenters. The first kappa shape index (κ1) is 14.4. The van der Waals surface area contributed by atoms with E-state index in [-0.39, 0.29) is 18.0 Å². The van der Waals surface area contributed by atoms with Crippen molar-refractivity contribution in [2.75, 3.05) is 11.9 Å².